The van der Waals surface area contributed by atoms with Crippen molar-refractivity contribution >= 4 is 17.0 Å². The van der Waals surface area contributed by atoms with E-state index < -0.39 is 34.7 Å². The number of halogens is 6. The number of rotatable bonds is 2. The first-order valence-electron chi connectivity index (χ1n) is 6.90. The van der Waals surface area contributed by atoms with Gasteiger partial charge in [-0.05, 0) is 6.07 Å². The van der Waals surface area contributed by atoms with Crippen LogP contribution < -0.4 is 5.12 Å². The largest absolute Gasteiger partial charge is 0.503 e. The van der Waals surface area contributed by atoms with Crippen LogP contribution >= 0.6 is 0 Å². The quantitative estimate of drug-likeness (QED) is 0.548. The molecule has 0 aliphatic heterocycles. The number of aromatic hydroxyl groups is 1. The van der Waals surface area contributed by atoms with Gasteiger partial charge in [0, 0.05) is 25.9 Å². The van der Waals surface area contributed by atoms with Crippen molar-refractivity contribution < 1.29 is 31.5 Å². The summed E-state index contributed by atoms with van der Waals surface area (Å²) in [6.45, 7) is 0. The van der Waals surface area contributed by atoms with Gasteiger partial charge in [0.25, 0.3) is 5.95 Å². The molecule has 0 unspecified atom stereocenters. The fraction of sp³-hybridized carbons (Fsp3) is 0.214. The summed E-state index contributed by atoms with van der Waals surface area (Å²) < 4.78 is 80.9. The van der Waals surface area contributed by atoms with Crippen LogP contribution in [0.3, 0.4) is 0 Å². The Kier molecular flexibility index (Phi) is 3.92. The topological polar surface area (TPSA) is 67.1 Å². The maximum Gasteiger partial charge on any atom is 0.419 e. The third kappa shape index (κ3) is 2.66. The smallest absolute Gasteiger partial charge is 0.419 e. The summed E-state index contributed by atoms with van der Waals surface area (Å²) in [7, 11) is 2.36. The van der Waals surface area contributed by atoms with Gasteiger partial charge in [-0.25, -0.2) is 18.4 Å². The average Bonchev–Trinajstić information content (AvgIpc) is 2.88. The number of phenolic OH excluding ortho intramolecular Hbond substituents is 1. The Morgan fingerprint density at radius 1 is 1.19 bits per heavy atom. The number of nitrogens with zero attached hydrogens (tertiary/aromatic N) is 5. The summed E-state index contributed by atoms with van der Waals surface area (Å²) in [4.78, 5) is 7.47. The van der Waals surface area contributed by atoms with Gasteiger partial charge in [-0.15, -0.1) is 0 Å². The maximum atomic E-state index is 14.2. The molecular formula is C14H9F6N5O. The second-order valence-electron chi connectivity index (χ2n) is 5.30. The molecule has 0 aliphatic carbocycles. The van der Waals surface area contributed by atoms with Gasteiger partial charge in [0.2, 0.25) is 0 Å². The molecular weight excluding hydrogens is 368 g/mol. The summed E-state index contributed by atoms with van der Waals surface area (Å²) in [6, 6.07) is 0.196. The fourth-order valence-electron chi connectivity index (χ4n) is 2.38. The van der Waals surface area contributed by atoms with E-state index in [9.17, 15) is 31.5 Å². The van der Waals surface area contributed by atoms with E-state index in [1.54, 1.807) is 0 Å². The van der Waals surface area contributed by atoms with E-state index in [1.165, 1.54) is 7.05 Å². The molecule has 0 bridgehead atoms. The van der Waals surface area contributed by atoms with Crippen LogP contribution in [0.5, 0.6) is 5.75 Å². The molecule has 3 rings (SSSR count). The van der Waals surface area contributed by atoms with Crippen molar-refractivity contribution in [3.8, 4) is 17.0 Å². The Hall–Kier alpha value is -3.05. The lowest BCUT2D eigenvalue weighted by Gasteiger charge is -2.12. The van der Waals surface area contributed by atoms with Crippen LogP contribution in [0.1, 0.15) is 5.56 Å². The molecule has 0 fully saturated rings. The minimum absolute atomic E-state index is 0.00808. The van der Waals surface area contributed by atoms with Crippen molar-refractivity contribution in [1.82, 2.24) is 19.7 Å². The van der Waals surface area contributed by atoms with Crippen LogP contribution in [0.2, 0.25) is 0 Å². The molecule has 6 nitrogen and oxygen atoms in total. The summed E-state index contributed by atoms with van der Waals surface area (Å²) in [5, 5.41) is 13.3. The van der Waals surface area contributed by atoms with Crippen molar-refractivity contribution in [3.05, 3.63) is 29.5 Å². The molecule has 0 atom stereocenters. The molecule has 1 aromatic carbocycles. The first kappa shape index (κ1) is 17.8. The van der Waals surface area contributed by atoms with Gasteiger partial charge in [0.05, 0.1) is 10.9 Å². The van der Waals surface area contributed by atoms with Crippen molar-refractivity contribution in [2.45, 2.75) is 6.18 Å². The molecule has 0 saturated heterocycles. The van der Waals surface area contributed by atoms with E-state index in [2.05, 4.69) is 15.1 Å². The standard InChI is InChI=1S/C14H9F6N5O/c1-24(20)13-21-4-6-10(23-25(2)12(6)22-13)5-3-7(14(17,18)19)9(16)11(26)8(5)15/h3-4,26H,1-2H3. The molecule has 138 valence electrons. The highest BCUT2D eigenvalue weighted by molar-refractivity contribution is 5.91. The highest BCUT2D eigenvalue weighted by Crippen LogP contribution is 2.41. The molecule has 0 amide bonds. The lowest BCUT2D eigenvalue weighted by Crippen LogP contribution is -2.10. The van der Waals surface area contributed by atoms with Crippen LogP contribution in [0, 0.1) is 11.6 Å². The Balaban J connectivity index is 2.32. The Morgan fingerprint density at radius 3 is 2.42 bits per heavy atom. The Labute approximate surface area is 141 Å². The average molecular weight is 377 g/mol. The number of benzene rings is 1. The maximum absolute atomic E-state index is 14.2. The summed E-state index contributed by atoms with van der Waals surface area (Å²) >= 11 is 0. The lowest BCUT2D eigenvalue weighted by atomic mass is 10.0. The second kappa shape index (κ2) is 5.75. The van der Waals surface area contributed by atoms with E-state index in [1.807, 2.05) is 0 Å². The molecule has 2 aromatic heterocycles. The summed E-state index contributed by atoms with van der Waals surface area (Å²) in [5.74, 6) is -5.89. The van der Waals surface area contributed by atoms with Crippen molar-refractivity contribution in [1.29, 1.82) is 0 Å². The van der Waals surface area contributed by atoms with Crippen molar-refractivity contribution in [2.24, 2.45) is 7.05 Å². The number of hydrogen-bond acceptors (Lipinski definition) is 5. The first-order valence-corrected chi connectivity index (χ1v) is 6.90. The van der Waals surface area contributed by atoms with E-state index in [-0.39, 0.29) is 33.9 Å². The third-order valence-corrected chi connectivity index (χ3v) is 3.58. The zero-order chi connectivity index (χ0) is 19.4. The number of aryl methyl sites for hydroxylation is 1. The van der Waals surface area contributed by atoms with Gasteiger partial charge < -0.3 is 5.11 Å². The molecule has 0 saturated carbocycles. The number of aromatic nitrogens is 4. The monoisotopic (exact) mass is 377 g/mol. The van der Waals surface area contributed by atoms with Crippen LogP contribution in [0.25, 0.3) is 22.3 Å². The second-order valence-corrected chi connectivity index (χ2v) is 5.30. The molecule has 12 heteroatoms. The zero-order valence-electron chi connectivity index (χ0n) is 13.1. The molecule has 2 heterocycles. The van der Waals surface area contributed by atoms with Gasteiger partial charge in [-0.1, -0.05) is 4.48 Å². The predicted molar refractivity (Wildman–Crippen MR) is 77.8 cm³/mol. The highest BCUT2D eigenvalue weighted by Gasteiger charge is 2.38. The Morgan fingerprint density at radius 2 is 1.85 bits per heavy atom. The normalized spacial score (nSPS) is 12.0. The molecule has 3 aromatic rings. The van der Waals surface area contributed by atoms with Crippen molar-refractivity contribution in [3.63, 3.8) is 0 Å². The van der Waals surface area contributed by atoms with Gasteiger partial charge in [-0.3, -0.25) is 0 Å². The minimum atomic E-state index is -5.17. The summed E-state index contributed by atoms with van der Waals surface area (Å²) in [6.07, 6.45) is -4.14. The molecule has 26 heavy (non-hydrogen) atoms. The number of hydrogen-bond donors (Lipinski definition) is 1. The van der Waals surface area contributed by atoms with Crippen LogP contribution in [0.4, 0.5) is 32.4 Å². The third-order valence-electron chi connectivity index (χ3n) is 3.58. The number of phenols is 1. The predicted octanol–water partition coefficient (Wildman–Crippen LogP) is 3.35. The SMILES string of the molecule is CN(F)c1ncc2c(-c3cc(C(F)(F)F)c(F)c(O)c3F)nn(C)c2n1. The van der Waals surface area contributed by atoms with Gasteiger partial charge in [-0.2, -0.15) is 28.4 Å². The Bertz CT molecular complexity index is 1010. The van der Waals surface area contributed by atoms with Gasteiger partial charge >= 0.3 is 6.18 Å². The van der Waals surface area contributed by atoms with Crippen LogP contribution in [-0.2, 0) is 13.2 Å². The van der Waals surface area contributed by atoms with Gasteiger partial charge in [0.15, 0.2) is 23.0 Å². The van der Waals surface area contributed by atoms with Crippen LogP contribution in [0.15, 0.2) is 12.3 Å². The molecule has 0 radical (unpaired) electrons. The molecule has 1 N–H and O–H groups in total. The number of alkyl halides is 3. The van der Waals surface area contributed by atoms with E-state index in [0.29, 0.717) is 0 Å². The molecule has 0 spiro atoms. The zero-order valence-corrected chi connectivity index (χ0v) is 13.1. The minimum Gasteiger partial charge on any atom is -0.503 e. The first-order chi connectivity index (χ1) is 12.0. The summed E-state index contributed by atoms with van der Waals surface area (Å²) in [5.41, 5.74) is -3.03. The highest BCUT2D eigenvalue weighted by atomic mass is 19.4. The van der Waals surface area contributed by atoms with E-state index in [4.69, 9.17) is 0 Å². The van der Waals surface area contributed by atoms with E-state index >= 15 is 0 Å². The van der Waals surface area contributed by atoms with E-state index in [0.717, 1.165) is 17.9 Å². The van der Waals surface area contributed by atoms with Crippen molar-refractivity contribution in [2.75, 3.05) is 12.2 Å². The van der Waals surface area contributed by atoms with Gasteiger partial charge in [0.1, 0.15) is 5.69 Å². The lowest BCUT2D eigenvalue weighted by molar-refractivity contribution is -0.140. The number of anilines is 1. The number of fused-ring (bicyclic) bond motifs is 1. The fourth-order valence-corrected chi connectivity index (χ4v) is 2.38. The van der Waals surface area contributed by atoms with Crippen LogP contribution in [-0.4, -0.2) is 31.9 Å². The molecule has 0 aliphatic rings.